The van der Waals surface area contributed by atoms with E-state index >= 15 is 0 Å². The molecular weight excluding hydrogens is 376 g/mol. The Labute approximate surface area is 159 Å². The SMILES string of the molecule is NC(=O)Nc1sc(-c2ccc(CN3CCOCC3)c(Cl)c2)cc1C(N)=O. The molecule has 1 aliphatic heterocycles. The van der Waals surface area contributed by atoms with Crippen molar-refractivity contribution in [3.05, 3.63) is 40.4 Å². The maximum Gasteiger partial charge on any atom is 0.317 e. The van der Waals surface area contributed by atoms with Crippen LogP contribution in [-0.2, 0) is 11.3 Å². The van der Waals surface area contributed by atoms with Crippen LogP contribution in [0.1, 0.15) is 15.9 Å². The molecule has 0 saturated carbocycles. The van der Waals surface area contributed by atoms with Gasteiger partial charge in [0, 0.05) is 29.5 Å². The molecule has 7 nitrogen and oxygen atoms in total. The summed E-state index contributed by atoms with van der Waals surface area (Å²) in [7, 11) is 0. The summed E-state index contributed by atoms with van der Waals surface area (Å²) in [6.07, 6.45) is 0. The van der Waals surface area contributed by atoms with E-state index in [9.17, 15) is 9.59 Å². The lowest BCUT2D eigenvalue weighted by Crippen LogP contribution is -2.35. The second kappa shape index (κ2) is 8.05. The molecule has 3 rings (SSSR count). The highest BCUT2D eigenvalue weighted by Gasteiger charge is 2.17. The van der Waals surface area contributed by atoms with Crippen molar-refractivity contribution in [1.29, 1.82) is 0 Å². The maximum atomic E-state index is 11.6. The minimum Gasteiger partial charge on any atom is -0.379 e. The number of hydrogen-bond acceptors (Lipinski definition) is 5. The predicted octanol–water partition coefficient (Wildman–Crippen LogP) is 2.49. The molecular formula is C17H19ClN4O3S. The van der Waals surface area contributed by atoms with Gasteiger partial charge < -0.3 is 16.2 Å². The van der Waals surface area contributed by atoms with E-state index in [1.807, 2.05) is 18.2 Å². The van der Waals surface area contributed by atoms with Gasteiger partial charge in [-0.15, -0.1) is 11.3 Å². The number of primary amides is 2. The van der Waals surface area contributed by atoms with Gasteiger partial charge in [0.1, 0.15) is 5.00 Å². The molecule has 5 N–H and O–H groups in total. The van der Waals surface area contributed by atoms with Crippen molar-refractivity contribution in [2.45, 2.75) is 6.54 Å². The Morgan fingerprint density at radius 3 is 2.58 bits per heavy atom. The van der Waals surface area contributed by atoms with Crippen LogP contribution >= 0.6 is 22.9 Å². The zero-order valence-electron chi connectivity index (χ0n) is 14.0. The highest BCUT2D eigenvalue weighted by atomic mass is 35.5. The Kier molecular flexibility index (Phi) is 5.77. The molecule has 0 bridgehead atoms. The summed E-state index contributed by atoms with van der Waals surface area (Å²) < 4.78 is 5.36. The van der Waals surface area contributed by atoms with Gasteiger partial charge in [-0.1, -0.05) is 23.7 Å². The highest BCUT2D eigenvalue weighted by Crippen LogP contribution is 2.37. The van der Waals surface area contributed by atoms with Crippen molar-refractivity contribution in [2.24, 2.45) is 11.5 Å². The van der Waals surface area contributed by atoms with Crippen LogP contribution in [0.4, 0.5) is 9.80 Å². The number of rotatable bonds is 5. The van der Waals surface area contributed by atoms with E-state index in [1.54, 1.807) is 6.07 Å². The van der Waals surface area contributed by atoms with Gasteiger partial charge in [0.25, 0.3) is 5.91 Å². The van der Waals surface area contributed by atoms with E-state index < -0.39 is 11.9 Å². The number of benzene rings is 1. The molecule has 138 valence electrons. The summed E-state index contributed by atoms with van der Waals surface area (Å²) in [5.74, 6) is -0.633. The maximum absolute atomic E-state index is 11.6. The molecule has 0 spiro atoms. The van der Waals surface area contributed by atoms with Crippen LogP contribution in [0.3, 0.4) is 0 Å². The average molecular weight is 395 g/mol. The third kappa shape index (κ3) is 4.34. The Balaban J connectivity index is 1.84. The molecule has 0 unspecified atom stereocenters. The first kappa shape index (κ1) is 18.7. The monoisotopic (exact) mass is 394 g/mol. The Morgan fingerprint density at radius 1 is 1.23 bits per heavy atom. The fraction of sp³-hybridized carbons (Fsp3) is 0.294. The number of amides is 3. The van der Waals surface area contributed by atoms with Gasteiger partial charge in [-0.25, -0.2) is 4.79 Å². The Bertz CT molecular complexity index is 833. The molecule has 1 fully saturated rings. The number of nitrogens with one attached hydrogen (secondary N) is 1. The lowest BCUT2D eigenvalue weighted by atomic mass is 10.1. The second-order valence-corrected chi connectivity index (χ2v) is 7.36. The first-order chi connectivity index (χ1) is 12.4. The van der Waals surface area contributed by atoms with Crippen LogP contribution in [0.15, 0.2) is 24.3 Å². The average Bonchev–Trinajstić information content (AvgIpc) is 3.01. The number of anilines is 1. The lowest BCUT2D eigenvalue weighted by molar-refractivity contribution is 0.0342. The van der Waals surface area contributed by atoms with Gasteiger partial charge >= 0.3 is 6.03 Å². The van der Waals surface area contributed by atoms with Crippen molar-refractivity contribution < 1.29 is 14.3 Å². The van der Waals surface area contributed by atoms with Crippen LogP contribution < -0.4 is 16.8 Å². The normalized spacial score (nSPS) is 15.0. The Hall–Kier alpha value is -2.13. The molecule has 0 radical (unpaired) electrons. The van der Waals surface area contributed by atoms with E-state index in [1.165, 1.54) is 11.3 Å². The number of carbonyl (C=O) groups is 2. The first-order valence-corrected chi connectivity index (χ1v) is 9.22. The fourth-order valence-corrected chi connectivity index (χ4v) is 4.05. The molecule has 2 aromatic rings. The summed E-state index contributed by atoms with van der Waals surface area (Å²) in [5, 5.41) is 3.40. The zero-order chi connectivity index (χ0) is 18.7. The fourth-order valence-electron chi connectivity index (χ4n) is 2.75. The van der Waals surface area contributed by atoms with Crippen LogP contribution in [0.25, 0.3) is 10.4 Å². The number of nitrogens with two attached hydrogens (primary N) is 2. The third-order valence-electron chi connectivity index (χ3n) is 4.07. The first-order valence-electron chi connectivity index (χ1n) is 8.03. The number of carbonyl (C=O) groups excluding carboxylic acids is 2. The van der Waals surface area contributed by atoms with Crippen molar-refractivity contribution in [2.75, 3.05) is 31.6 Å². The van der Waals surface area contributed by atoms with Crippen molar-refractivity contribution in [3.63, 3.8) is 0 Å². The molecule has 1 aliphatic rings. The molecule has 3 amide bonds. The number of halogens is 1. The number of morpholine rings is 1. The van der Waals surface area contributed by atoms with Gasteiger partial charge in [-0.3, -0.25) is 15.0 Å². The third-order valence-corrected chi connectivity index (χ3v) is 5.52. The number of urea groups is 1. The van der Waals surface area contributed by atoms with E-state index in [2.05, 4.69) is 10.2 Å². The van der Waals surface area contributed by atoms with Crippen LogP contribution in [0.5, 0.6) is 0 Å². The summed E-state index contributed by atoms with van der Waals surface area (Å²) in [6, 6.07) is 6.64. The quantitative estimate of drug-likeness (QED) is 0.723. The molecule has 26 heavy (non-hydrogen) atoms. The summed E-state index contributed by atoms with van der Waals surface area (Å²) >= 11 is 7.68. The van der Waals surface area contributed by atoms with Gasteiger partial charge in [0.15, 0.2) is 0 Å². The molecule has 0 atom stereocenters. The summed E-state index contributed by atoms with van der Waals surface area (Å²) in [6.45, 7) is 3.99. The van der Waals surface area contributed by atoms with Gasteiger partial charge in [-0.2, -0.15) is 0 Å². The Morgan fingerprint density at radius 2 is 1.96 bits per heavy atom. The van der Waals surface area contributed by atoms with Gasteiger partial charge in [-0.05, 0) is 23.3 Å². The van der Waals surface area contributed by atoms with Gasteiger partial charge in [0.2, 0.25) is 0 Å². The second-order valence-electron chi connectivity index (χ2n) is 5.90. The largest absolute Gasteiger partial charge is 0.379 e. The molecule has 2 heterocycles. The molecule has 0 aliphatic carbocycles. The van der Waals surface area contributed by atoms with E-state index in [0.717, 1.165) is 48.9 Å². The number of nitrogens with zero attached hydrogens (tertiary/aromatic N) is 1. The summed E-state index contributed by atoms with van der Waals surface area (Å²) in [5.41, 5.74) is 12.6. The van der Waals surface area contributed by atoms with Gasteiger partial charge in [0.05, 0.1) is 18.8 Å². The minimum absolute atomic E-state index is 0.220. The number of hydrogen-bond donors (Lipinski definition) is 3. The minimum atomic E-state index is -0.750. The standard InChI is InChI=1S/C17H19ClN4O3S/c18-13-7-10(1-2-11(13)9-22-3-5-25-6-4-22)14-8-12(15(19)23)16(26-14)21-17(20)24/h1-2,7-8H,3-6,9H2,(H2,19,23)(H3,20,21,24). The van der Waals surface area contributed by atoms with Crippen LogP contribution in [0, 0.1) is 0 Å². The van der Waals surface area contributed by atoms with Crippen molar-refractivity contribution >= 4 is 39.9 Å². The van der Waals surface area contributed by atoms with E-state index in [4.69, 9.17) is 27.8 Å². The lowest BCUT2D eigenvalue weighted by Gasteiger charge is -2.27. The van der Waals surface area contributed by atoms with Crippen molar-refractivity contribution in [3.8, 4) is 10.4 Å². The van der Waals surface area contributed by atoms with Crippen LogP contribution in [0.2, 0.25) is 5.02 Å². The highest BCUT2D eigenvalue weighted by molar-refractivity contribution is 7.20. The van der Waals surface area contributed by atoms with E-state index in [0.29, 0.717) is 10.0 Å². The van der Waals surface area contributed by atoms with E-state index in [-0.39, 0.29) is 5.56 Å². The smallest absolute Gasteiger partial charge is 0.317 e. The number of thiophene rings is 1. The zero-order valence-corrected chi connectivity index (χ0v) is 15.5. The van der Waals surface area contributed by atoms with Crippen LogP contribution in [-0.4, -0.2) is 43.1 Å². The molecule has 9 heteroatoms. The summed E-state index contributed by atoms with van der Waals surface area (Å²) in [4.78, 5) is 25.7. The molecule has 1 aromatic heterocycles. The topological polar surface area (TPSA) is 111 Å². The molecule has 1 aromatic carbocycles. The molecule has 1 saturated heterocycles. The predicted molar refractivity (Wildman–Crippen MR) is 103 cm³/mol. The van der Waals surface area contributed by atoms with Crippen molar-refractivity contribution in [1.82, 2.24) is 4.90 Å². The number of ether oxygens (including phenoxy) is 1.